The Kier molecular flexibility index (Phi) is 3.45. The van der Waals surface area contributed by atoms with Crippen LogP contribution in [0, 0.1) is 24.1 Å². The van der Waals surface area contributed by atoms with Gasteiger partial charge in [-0.15, -0.1) is 0 Å². The topological polar surface area (TPSA) is 49.8 Å². The van der Waals surface area contributed by atoms with E-state index in [1.165, 1.54) is 0 Å². The summed E-state index contributed by atoms with van der Waals surface area (Å²) in [6, 6.07) is 11.3. The minimum absolute atomic E-state index is 0.121. The number of aromatic nitrogens is 1. The van der Waals surface area contributed by atoms with E-state index in [4.69, 9.17) is 4.42 Å². The van der Waals surface area contributed by atoms with Crippen LogP contribution in [0.3, 0.4) is 0 Å². The standard InChI is InChI=1S/C19H17FN2O/c1-11-13(10-21)17-16(22-18(23-17)19(2,3)4)15(20)14(11)12-8-6-5-7-9-12/h5-9H,1-4H3. The van der Waals surface area contributed by atoms with Gasteiger partial charge >= 0.3 is 0 Å². The van der Waals surface area contributed by atoms with Crippen LogP contribution in [0.2, 0.25) is 0 Å². The summed E-state index contributed by atoms with van der Waals surface area (Å²) < 4.78 is 20.8. The van der Waals surface area contributed by atoms with Crippen LogP contribution >= 0.6 is 0 Å². The number of fused-ring (bicyclic) bond motifs is 1. The molecule has 0 saturated heterocycles. The fourth-order valence-corrected chi connectivity index (χ4v) is 2.62. The van der Waals surface area contributed by atoms with Gasteiger partial charge in [-0.2, -0.15) is 5.26 Å². The van der Waals surface area contributed by atoms with Crippen molar-refractivity contribution >= 4 is 11.1 Å². The fourth-order valence-electron chi connectivity index (χ4n) is 2.62. The van der Waals surface area contributed by atoms with Crippen LogP contribution in [0.25, 0.3) is 22.2 Å². The number of nitriles is 1. The summed E-state index contributed by atoms with van der Waals surface area (Å²) in [6.45, 7) is 7.55. The number of hydrogen-bond acceptors (Lipinski definition) is 3. The van der Waals surface area contributed by atoms with Gasteiger partial charge < -0.3 is 4.42 Å². The number of benzene rings is 2. The molecule has 23 heavy (non-hydrogen) atoms. The molecule has 116 valence electrons. The minimum Gasteiger partial charge on any atom is -0.439 e. The van der Waals surface area contributed by atoms with E-state index in [2.05, 4.69) is 11.1 Å². The van der Waals surface area contributed by atoms with Gasteiger partial charge in [0.05, 0.1) is 0 Å². The molecule has 0 fully saturated rings. The lowest BCUT2D eigenvalue weighted by atomic mass is 9.95. The first kappa shape index (κ1) is 15.2. The molecule has 0 saturated carbocycles. The predicted molar refractivity (Wildman–Crippen MR) is 87.6 cm³/mol. The van der Waals surface area contributed by atoms with Crippen LogP contribution in [0.15, 0.2) is 34.7 Å². The predicted octanol–water partition coefficient (Wildman–Crippen LogP) is 5.11. The molecule has 3 rings (SSSR count). The van der Waals surface area contributed by atoms with E-state index in [1.54, 1.807) is 6.92 Å². The molecular formula is C19H17FN2O. The molecule has 0 aliphatic rings. The SMILES string of the molecule is Cc1c(-c2ccccc2)c(F)c2nc(C(C)(C)C)oc2c1C#N. The number of oxazole rings is 1. The molecule has 0 radical (unpaired) electrons. The van der Waals surface area contributed by atoms with Crippen LogP contribution < -0.4 is 0 Å². The first-order valence-corrected chi connectivity index (χ1v) is 7.43. The Labute approximate surface area is 134 Å². The quantitative estimate of drug-likeness (QED) is 0.627. The monoisotopic (exact) mass is 308 g/mol. The molecule has 0 aliphatic carbocycles. The normalized spacial score (nSPS) is 11.7. The van der Waals surface area contributed by atoms with Crippen molar-refractivity contribution in [1.82, 2.24) is 4.98 Å². The lowest BCUT2D eigenvalue weighted by molar-refractivity contribution is 0.410. The summed E-state index contributed by atoms with van der Waals surface area (Å²) in [5.41, 5.74) is 2.02. The van der Waals surface area contributed by atoms with Crippen LogP contribution in [0.1, 0.15) is 37.8 Å². The smallest absolute Gasteiger partial charge is 0.201 e. The summed E-state index contributed by atoms with van der Waals surface area (Å²) in [4.78, 5) is 4.33. The molecule has 0 N–H and O–H groups in total. The van der Waals surface area contributed by atoms with Crippen molar-refractivity contribution in [3.05, 3.63) is 53.2 Å². The van der Waals surface area contributed by atoms with Crippen molar-refractivity contribution in [1.29, 1.82) is 5.26 Å². The lowest BCUT2D eigenvalue weighted by Crippen LogP contribution is -2.11. The molecule has 0 atom stereocenters. The summed E-state index contributed by atoms with van der Waals surface area (Å²) in [5.74, 6) is -0.0190. The fraction of sp³-hybridized carbons (Fsp3) is 0.263. The van der Waals surface area contributed by atoms with Crippen molar-refractivity contribution in [3.8, 4) is 17.2 Å². The zero-order valence-electron chi connectivity index (χ0n) is 13.6. The second-order valence-electron chi connectivity index (χ2n) is 6.61. The Morgan fingerprint density at radius 3 is 2.39 bits per heavy atom. The highest BCUT2D eigenvalue weighted by molar-refractivity contribution is 5.89. The molecule has 2 aromatic carbocycles. The van der Waals surface area contributed by atoms with E-state index >= 15 is 4.39 Å². The van der Waals surface area contributed by atoms with Gasteiger partial charge in [0.15, 0.2) is 11.4 Å². The molecule has 3 nitrogen and oxygen atoms in total. The molecule has 1 heterocycles. The number of hydrogen-bond donors (Lipinski definition) is 0. The highest BCUT2D eigenvalue weighted by atomic mass is 19.1. The van der Waals surface area contributed by atoms with Crippen LogP contribution in [-0.2, 0) is 5.41 Å². The van der Waals surface area contributed by atoms with Crippen molar-refractivity contribution in [2.45, 2.75) is 33.1 Å². The van der Waals surface area contributed by atoms with E-state index in [9.17, 15) is 5.26 Å². The van der Waals surface area contributed by atoms with E-state index < -0.39 is 5.82 Å². The first-order valence-electron chi connectivity index (χ1n) is 7.43. The zero-order chi connectivity index (χ0) is 16.8. The maximum atomic E-state index is 15.1. The van der Waals surface area contributed by atoms with Gasteiger partial charge in [0.2, 0.25) is 5.89 Å². The maximum Gasteiger partial charge on any atom is 0.201 e. The van der Waals surface area contributed by atoms with Gasteiger partial charge in [-0.1, -0.05) is 51.1 Å². The van der Waals surface area contributed by atoms with Crippen LogP contribution in [0.4, 0.5) is 4.39 Å². The van der Waals surface area contributed by atoms with Gasteiger partial charge in [-0.05, 0) is 18.1 Å². The molecule has 0 aliphatic heterocycles. The highest BCUT2D eigenvalue weighted by Crippen LogP contribution is 2.37. The van der Waals surface area contributed by atoms with E-state index in [1.807, 2.05) is 51.1 Å². The Morgan fingerprint density at radius 2 is 1.83 bits per heavy atom. The Hall–Kier alpha value is -2.67. The summed E-state index contributed by atoms with van der Waals surface area (Å²) >= 11 is 0. The third-order valence-corrected chi connectivity index (χ3v) is 3.85. The number of nitrogens with zero attached hydrogens (tertiary/aromatic N) is 2. The average molecular weight is 308 g/mol. The first-order chi connectivity index (χ1) is 10.8. The summed E-state index contributed by atoms with van der Waals surface area (Å²) in [5, 5.41) is 9.53. The van der Waals surface area contributed by atoms with Crippen molar-refractivity contribution in [2.24, 2.45) is 0 Å². The molecule has 4 heteroatoms. The van der Waals surface area contributed by atoms with E-state index in [-0.39, 0.29) is 16.5 Å². The third-order valence-electron chi connectivity index (χ3n) is 3.85. The number of halogens is 1. The van der Waals surface area contributed by atoms with E-state index in [0.717, 1.165) is 5.56 Å². The summed E-state index contributed by atoms with van der Waals surface area (Å²) in [6.07, 6.45) is 0. The second-order valence-corrected chi connectivity index (χ2v) is 6.61. The van der Waals surface area contributed by atoms with Gasteiger partial charge in [0.1, 0.15) is 17.1 Å². The molecule has 0 bridgehead atoms. The maximum absolute atomic E-state index is 15.1. The van der Waals surface area contributed by atoms with Gasteiger partial charge in [0, 0.05) is 11.0 Å². The summed E-state index contributed by atoms with van der Waals surface area (Å²) in [7, 11) is 0. The Bertz CT molecular complexity index is 928. The van der Waals surface area contributed by atoms with E-state index in [0.29, 0.717) is 22.6 Å². The van der Waals surface area contributed by atoms with Crippen LogP contribution in [0.5, 0.6) is 0 Å². The second kappa shape index (κ2) is 5.20. The molecule has 3 aromatic rings. The zero-order valence-corrected chi connectivity index (χ0v) is 13.6. The van der Waals surface area contributed by atoms with Gasteiger partial charge in [-0.25, -0.2) is 9.37 Å². The molecule has 0 unspecified atom stereocenters. The molecule has 0 spiro atoms. The van der Waals surface area contributed by atoms with Crippen molar-refractivity contribution in [2.75, 3.05) is 0 Å². The van der Waals surface area contributed by atoms with Crippen molar-refractivity contribution in [3.63, 3.8) is 0 Å². The molecule has 1 aromatic heterocycles. The van der Waals surface area contributed by atoms with Gasteiger partial charge in [-0.3, -0.25) is 0 Å². The largest absolute Gasteiger partial charge is 0.439 e. The average Bonchev–Trinajstić information content (AvgIpc) is 2.94. The highest BCUT2D eigenvalue weighted by Gasteiger charge is 2.27. The van der Waals surface area contributed by atoms with Crippen molar-refractivity contribution < 1.29 is 8.81 Å². The Balaban J connectivity index is 2.43. The Morgan fingerprint density at radius 1 is 1.17 bits per heavy atom. The minimum atomic E-state index is -0.443. The molecule has 0 amide bonds. The lowest BCUT2D eigenvalue weighted by Gasteiger charge is -2.11. The molecular weight excluding hydrogens is 291 g/mol. The van der Waals surface area contributed by atoms with Crippen LogP contribution in [-0.4, -0.2) is 4.98 Å². The third kappa shape index (κ3) is 2.39. The number of rotatable bonds is 1. The van der Waals surface area contributed by atoms with Gasteiger partial charge in [0.25, 0.3) is 0 Å².